The molecule has 19 heavy (non-hydrogen) atoms. The number of non-ortho nitro benzene ring substituents is 1. The van der Waals surface area contributed by atoms with Gasteiger partial charge in [-0.15, -0.1) is 0 Å². The number of rotatable bonds is 5. The summed E-state index contributed by atoms with van der Waals surface area (Å²) in [6.45, 7) is 0. The molecule has 0 aromatic heterocycles. The Labute approximate surface area is 107 Å². The topological polar surface area (TPSA) is 138 Å². The molecule has 1 rings (SSSR count). The van der Waals surface area contributed by atoms with E-state index in [4.69, 9.17) is 5.53 Å². The molecule has 9 nitrogen and oxygen atoms in total. The molecule has 100 valence electrons. The lowest BCUT2D eigenvalue weighted by Gasteiger charge is -2.16. The van der Waals surface area contributed by atoms with Gasteiger partial charge < -0.3 is 9.84 Å². The molecule has 0 radical (unpaired) electrons. The van der Waals surface area contributed by atoms with Crippen molar-refractivity contribution in [3.63, 3.8) is 0 Å². The summed E-state index contributed by atoms with van der Waals surface area (Å²) in [5.74, 6) is -0.996. The van der Waals surface area contributed by atoms with Crippen LogP contribution in [0.5, 0.6) is 0 Å². The molecule has 0 aliphatic carbocycles. The number of carbonyl (C=O) groups excluding carboxylic acids is 1. The van der Waals surface area contributed by atoms with Gasteiger partial charge >= 0.3 is 5.97 Å². The Hall–Kier alpha value is -2.64. The molecule has 0 aliphatic rings. The van der Waals surface area contributed by atoms with E-state index in [0.717, 1.165) is 13.2 Å². The minimum absolute atomic E-state index is 0.143. The van der Waals surface area contributed by atoms with Gasteiger partial charge in [0.1, 0.15) is 0 Å². The zero-order valence-corrected chi connectivity index (χ0v) is 9.83. The second-order valence-corrected chi connectivity index (χ2v) is 3.47. The van der Waals surface area contributed by atoms with E-state index in [1.165, 1.54) is 18.2 Å². The standard InChI is InChI=1S/C10H10N4O5/c1-19-10(16)9(15)8(12-13-11)6-3-2-4-7(5-6)14(17)18/h2-5,8-9,15H,1H3. The van der Waals surface area contributed by atoms with Crippen molar-refractivity contribution in [2.24, 2.45) is 5.11 Å². The summed E-state index contributed by atoms with van der Waals surface area (Å²) in [4.78, 5) is 23.7. The first kappa shape index (κ1) is 14.4. The second kappa shape index (κ2) is 6.34. The minimum Gasteiger partial charge on any atom is -0.467 e. The van der Waals surface area contributed by atoms with Crippen LogP contribution in [-0.2, 0) is 9.53 Å². The molecule has 1 aromatic carbocycles. The number of ether oxygens (including phenoxy) is 1. The van der Waals surface area contributed by atoms with E-state index >= 15 is 0 Å². The first-order valence-corrected chi connectivity index (χ1v) is 5.05. The average Bonchev–Trinajstić information content (AvgIpc) is 2.43. The van der Waals surface area contributed by atoms with Gasteiger partial charge in [0.2, 0.25) is 0 Å². The maximum atomic E-state index is 11.2. The highest BCUT2D eigenvalue weighted by Crippen LogP contribution is 2.25. The second-order valence-electron chi connectivity index (χ2n) is 3.47. The minimum atomic E-state index is -1.73. The summed E-state index contributed by atoms with van der Waals surface area (Å²) < 4.78 is 4.33. The monoisotopic (exact) mass is 266 g/mol. The van der Waals surface area contributed by atoms with Crippen LogP contribution >= 0.6 is 0 Å². The number of esters is 1. The number of nitro benzene ring substituents is 1. The summed E-state index contributed by atoms with van der Waals surface area (Å²) in [5.41, 5.74) is 8.34. The molecule has 0 amide bonds. The molecular weight excluding hydrogens is 256 g/mol. The zero-order valence-electron chi connectivity index (χ0n) is 9.83. The van der Waals surface area contributed by atoms with Gasteiger partial charge in [-0.05, 0) is 11.1 Å². The van der Waals surface area contributed by atoms with Gasteiger partial charge in [0.25, 0.3) is 5.69 Å². The van der Waals surface area contributed by atoms with Gasteiger partial charge in [0.05, 0.1) is 18.1 Å². The summed E-state index contributed by atoms with van der Waals surface area (Å²) in [7, 11) is 1.06. The van der Waals surface area contributed by atoms with E-state index in [9.17, 15) is 20.0 Å². The van der Waals surface area contributed by atoms with E-state index in [-0.39, 0.29) is 11.3 Å². The number of hydrogen-bond acceptors (Lipinski definition) is 6. The first-order valence-electron chi connectivity index (χ1n) is 5.05. The van der Waals surface area contributed by atoms with Gasteiger partial charge in [0, 0.05) is 17.0 Å². The van der Waals surface area contributed by atoms with Crippen LogP contribution in [0.2, 0.25) is 0 Å². The van der Waals surface area contributed by atoms with E-state index < -0.39 is 23.0 Å². The molecule has 9 heteroatoms. The number of nitrogens with zero attached hydrogens (tertiary/aromatic N) is 4. The Morgan fingerprint density at radius 1 is 1.63 bits per heavy atom. The lowest BCUT2D eigenvalue weighted by Crippen LogP contribution is -2.28. The van der Waals surface area contributed by atoms with Crippen molar-refractivity contribution in [3.05, 3.63) is 50.4 Å². The number of azide groups is 1. The van der Waals surface area contributed by atoms with Crippen molar-refractivity contribution in [2.45, 2.75) is 12.1 Å². The van der Waals surface area contributed by atoms with Crippen molar-refractivity contribution >= 4 is 11.7 Å². The molecule has 0 saturated carbocycles. The van der Waals surface area contributed by atoms with E-state index in [2.05, 4.69) is 14.8 Å². The molecular formula is C10H10N4O5. The largest absolute Gasteiger partial charge is 0.467 e. The maximum Gasteiger partial charge on any atom is 0.335 e. The third kappa shape index (κ3) is 3.41. The molecule has 0 bridgehead atoms. The number of carbonyl (C=O) groups is 1. The number of aliphatic hydroxyl groups is 1. The summed E-state index contributed by atoms with van der Waals surface area (Å²) in [6, 6.07) is 3.82. The Morgan fingerprint density at radius 3 is 2.84 bits per heavy atom. The quantitative estimate of drug-likeness (QED) is 0.215. The molecule has 2 unspecified atom stereocenters. The highest BCUT2D eigenvalue weighted by molar-refractivity contribution is 5.75. The Morgan fingerprint density at radius 2 is 2.32 bits per heavy atom. The summed E-state index contributed by atoms with van der Waals surface area (Å²) in [5, 5.41) is 23.6. The predicted octanol–water partition coefficient (Wildman–Crippen LogP) is 1.48. The maximum absolute atomic E-state index is 11.2. The van der Waals surface area contributed by atoms with E-state index in [0.29, 0.717) is 0 Å². The molecule has 2 atom stereocenters. The predicted molar refractivity (Wildman–Crippen MR) is 63.0 cm³/mol. The van der Waals surface area contributed by atoms with E-state index in [1.54, 1.807) is 0 Å². The van der Waals surface area contributed by atoms with Gasteiger partial charge in [0.15, 0.2) is 6.10 Å². The van der Waals surface area contributed by atoms with E-state index in [1.807, 2.05) is 0 Å². The van der Waals surface area contributed by atoms with Crippen molar-refractivity contribution in [1.29, 1.82) is 0 Å². The van der Waals surface area contributed by atoms with Gasteiger partial charge in [-0.25, -0.2) is 4.79 Å². The molecule has 0 spiro atoms. The SMILES string of the molecule is COC(=O)C(O)C(N=[N+]=[N-])c1cccc([N+](=O)[O-])c1. The lowest BCUT2D eigenvalue weighted by atomic mass is 10.0. The smallest absolute Gasteiger partial charge is 0.335 e. The zero-order chi connectivity index (χ0) is 14.4. The number of aliphatic hydroxyl groups excluding tert-OH is 1. The summed E-state index contributed by atoms with van der Waals surface area (Å²) in [6.07, 6.45) is -1.73. The van der Waals surface area contributed by atoms with Crippen molar-refractivity contribution in [3.8, 4) is 0 Å². The van der Waals surface area contributed by atoms with Gasteiger partial charge in [-0.2, -0.15) is 0 Å². The molecule has 0 saturated heterocycles. The van der Waals surface area contributed by atoms with Gasteiger partial charge in [-0.1, -0.05) is 17.2 Å². The van der Waals surface area contributed by atoms with Crippen LogP contribution in [0.1, 0.15) is 11.6 Å². The van der Waals surface area contributed by atoms with Crippen LogP contribution in [0.25, 0.3) is 10.4 Å². The lowest BCUT2D eigenvalue weighted by molar-refractivity contribution is -0.384. The third-order valence-corrected chi connectivity index (χ3v) is 2.34. The number of nitro groups is 1. The fourth-order valence-electron chi connectivity index (χ4n) is 1.44. The Kier molecular flexibility index (Phi) is 4.81. The molecule has 0 aliphatic heterocycles. The first-order chi connectivity index (χ1) is 9.01. The van der Waals surface area contributed by atoms with Gasteiger partial charge in [-0.3, -0.25) is 10.1 Å². The molecule has 1 N–H and O–H groups in total. The fraction of sp³-hybridized carbons (Fsp3) is 0.300. The molecule has 1 aromatic rings. The average molecular weight is 266 g/mol. The third-order valence-electron chi connectivity index (χ3n) is 2.34. The number of benzene rings is 1. The molecule has 0 fully saturated rings. The normalized spacial score (nSPS) is 12.9. The van der Waals surface area contributed by atoms with Crippen LogP contribution in [-0.4, -0.2) is 29.2 Å². The van der Waals surface area contributed by atoms with Crippen LogP contribution in [0.4, 0.5) is 5.69 Å². The van der Waals surface area contributed by atoms with Crippen LogP contribution in [0, 0.1) is 10.1 Å². The Bertz CT molecular complexity index is 540. The van der Waals surface area contributed by atoms with Crippen LogP contribution in [0.15, 0.2) is 29.4 Å². The number of methoxy groups -OCH3 is 1. The van der Waals surface area contributed by atoms with Crippen LogP contribution < -0.4 is 0 Å². The molecule has 0 heterocycles. The number of hydrogen-bond donors (Lipinski definition) is 1. The fourth-order valence-corrected chi connectivity index (χ4v) is 1.44. The summed E-state index contributed by atoms with van der Waals surface area (Å²) >= 11 is 0. The highest BCUT2D eigenvalue weighted by atomic mass is 16.6. The van der Waals surface area contributed by atoms with Crippen LogP contribution in [0.3, 0.4) is 0 Å². The van der Waals surface area contributed by atoms with Crippen molar-refractivity contribution in [1.82, 2.24) is 0 Å². The van der Waals surface area contributed by atoms with Crippen molar-refractivity contribution in [2.75, 3.05) is 7.11 Å². The Balaban J connectivity index is 3.19. The highest BCUT2D eigenvalue weighted by Gasteiger charge is 2.28. The van der Waals surface area contributed by atoms with Crippen molar-refractivity contribution < 1.29 is 19.6 Å².